The molecule has 5 heteroatoms. The minimum atomic E-state index is 0.195. The number of hydrogen-bond donors (Lipinski definition) is 2. The highest BCUT2D eigenvalue weighted by Gasteiger charge is 2.59. The van der Waals surface area contributed by atoms with Gasteiger partial charge in [-0.05, 0) is 97.0 Å². The smallest absolute Gasteiger partial charge is 0.171 e. The second-order valence-electron chi connectivity index (χ2n) is 10.6. The van der Waals surface area contributed by atoms with Crippen molar-refractivity contribution in [1.29, 1.82) is 0 Å². The summed E-state index contributed by atoms with van der Waals surface area (Å²) >= 11 is 7.48. The van der Waals surface area contributed by atoms with Crippen LogP contribution in [0, 0.1) is 28.6 Å². The predicted molar refractivity (Wildman–Crippen MR) is 125 cm³/mol. The standard InChI is InChI=1S/C25H30N2OS2/c1-24-9-7-15(28)12-14(24)5-6-16-18(24)8-10-25(2)19(16)13-17-21(20-4-3-11-30-20)26-23(29)27-22(17)25/h3-4,11-12,16,18-19,21H,5-10,13H2,1-2H3,(H2,26,27,29)/t16-,18+,19+,21?,24+,25+/m1/s1. The summed E-state index contributed by atoms with van der Waals surface area (Å²) in [6, 6.07) is 4.62. The quantitative estimate of drug-likeness (QED) is 0.555. The third kappa shape index (κ3) is 2.54. The third-order valence-electron chi connectivity index (χ3n) is 9.37. The number of fused-ring (bicyclic) bond motifs is 6. The summed E-state index contributed by atoms with van der Waals surface area (Å²) < 4.78 is 0. The number of nitrogens with one attached hydrogen (secondary N) is 2. The molecule has 4 aliphatic carbocycles. The normalized spacial score (nSPS) is 42.4. The zero-order valence-corrected chi connectivity index (χ0v) is 19.4. The third-order valence-corrected chi connectivity index (χ3v) is 10.5. The fraction of sp³-hybridized carbons (Fsp3) is 0.600. The van der Waals surface area contributed by atoms with E-state index in [1.54, 1.807) is 5.57 Å². The average Bonchev–Trinajstić information content (AvgIpc) is 3.35. The Bertz CT molecular complexity index is 993. The summed E-state index contributed by atoms with van der Waals surface area (Å²) in [5, 5.41) is 10.1. The summed E-state index contributed by atoms with van der Waals surface area (Å²) in [4.78, 5) is 13.5. The Morgan fingerprint density at radius 2 is 2.00 bits per heavy atom. The van der Waals surface area contributed by atoms with Crippen molar-refractivity contribution in [3.63, 3.8) is 0 Å². The molecule has 6 atom stereocenters. The SMILES string of the molecule is C[C@]12CCC(=O)C=C1CC[C@@H]1[C@@H]2CC[C@]2(C)C3=C(C[C@@H]12)C(c1cccs1)NC(=S)N3. The zero-order valence-electron chi connectivity index (χ0n) is 17.8. The molecule has 2 N–H and O–H groups in total. The molecule has 0 aromatic carbocycles. The highest BCUT2D eigenvalue weighted by Crippen LogP contribution is 2.67. The van der Waals surface area contributed by atoms with Gasteiger partial charge in [0, 0.05) is 22.4 Å². The second kappa shape index (κ2) is 6.52. The van der Waals surface area contributed by atoms with Crippen molar-refractivity contribution >= 4 is 34.5 Å². The lowest BCUT2D eigenvalue weighted by Crippen LogP contribution is -2.52. The van der Waals surface area contributed by atoms with Crippen LogP contribution in [0.1, 0.15) is 69.7 Å². The van der Waals surface area contributed by atoms with Gasteiger partial charge in [0.15, 0.2) is 10.9 Å². The van der Waals surface area contributed by atoms with E-state index in [2.05, 4.69) is 42.0 Å². The Balaban J connectivity index is 1.38. The summed E-state index contributed by atoms with van der Waals surface area (Å²) in [5.74, 6) is 2.48. The maximum Gasteiger partial charge on any atom is 0.171 e. The Morgan fingerprint density at radius 1 is 1.13 bits per heavy atom. The van der Waals surface area contributed by atoms with Crippen LogP contribution in [0.2, 0.25) is 0 Å². The van der Waals surface area contributed by atoms with Gasteiger partial charge in [-0.1, -0.05) is 25.5 Å². The van der Waals surface area contributed by atoms with Crippen LogP contribution in [0.15, 0.2) is 40.4 Å². The minimum Gasteiger partial charge on any atom is -0.351 e. The number of thiocarbonyl (C=S) groups is 1. The van der Waals surface area contributed by atoms with Gasteiger partial charge in [0.05, 0.1) is 6.04 Å². The van der Waals surface area contributed by atoms with Crippen molar-refractivity contribution in [2.75, 3.05) is 0 Å². The first-order valence-corrected chi connectivity index (χ1v) is 12.8. The van der Waals surface area contributed by atoms with Gasteiger partial charge in [-0.15, -0.1) is 11.3 Å². The number of ketones is 1. The molecule has 2 saturated carbocycles. The van der Waals surface area contributed by atoms with E-state index in [9.17, 15) is 4.79 Å². The molecule has 0 spiro atoms. The number of rotatable bonds is 1. The van der Waals surface area contributed by atoms with Crippen LogP contribution in [0.5, 0.6) is 0 Å². The number of thiophene rings is 1. The van der Waals surface area contributed by atoms with Crippen molar-refractivity contribution in [2.24, 2.45) is 28.6 Å². The highest BCUT2D eigenvalue weighted by atomic mass is 32.1. The fourth-order valence-electron chi connectivity index (χ4n) is 7.82. The van der Waals surface area contributed by atoms with Crippen molar-refractivity contribution in [3.8, 4) is 0 Å². The van der Waals surface area contributed by atoms with Crippen LogP contribution in [-0.2, 0) is 4.79 Å². The highest BCUT2D eigenvalue weighted by molar-refractivity contribution is 7.80. The molecule has 158 valence electrons. The molecule has 1 aromatic heterocycles. The Hall–Kier alpha value is -1.46. The van der Waals surface area contributed by atoms with E-state index in [4.69, 9.17) is 12.2 Å². The van der Waals surface area contributed by atoms with E-state index in [0.29, 0.717) is 17.6 Å². The summed E-state index contributed by atoms with van der Waals surface area (Å²) in [5.41, 5.74) is 4.86. The molecular weight excluding hydrogens is 408 g/mol. The maximum atomic E-state index is 12.1. The summed E-state index contributed by atoms with van der Waals surface area (Å²) in [7, 11) is 0. The van der Waals surface area contributed by atoms with Crippen molar-refractivity contribution in [3.05, 3.63) is 45.3 Å². The molecule has 5 aliphatic rings. The Kier molecular flexibility index (Phi) is 4.18. The molecule has 0 amide bonds. The van der Waals surface area contributed by atoms with E-state index < -0.39 is 0 Å². The maximum absolute atomic E-state index is 12.1. The molecule has 1 aliphatic heterocycles. The molecule has 2 fully saturated rings. The van der Waals surface area contributed by atoms with Gasteiger partial charge in [-0.25, -0.2) is 0 Å². The molecule has 1 unspecified atom stereocenters. The Labute approximate surface area is 188 Å². The van der Waals surface area contributed by atoms with Gasteiger partial charge in [-0.2, -0.15) is 0 Å². The van der Waals surface area contributed by atoms with Gasteiger partial charge in [0.25, 0.3) is 0 Å². The molecule has 6 rings (SSSR count). The lowest BCUT2D eigenvalue weighted by Gasteiger charge is -2.57. The number of hydrogen-bond acceptors (Lipinski definition) is 3. The van der Waals surface area contributed by atoms with Gasteiger partial charge >= 0.3 is 0 Å². The lowest BCUT2D eigenvalue weighted by molar-refractivity contribution is -0.117. The van der Waals surface area contributed by atoms with Gasteiger partial charge in [0.2, 0.25) is 0 Å². The van der Waals surface area contributed by atoms with Crippen LogP contribution in [0.25, 0.3) is 0 Å². The van der Waals surface area contributed by atoms with Crippen LogP contribution in [0.4, 0.5) is 0 Å². The van der Waals surface area contributed by atoms with E-state index in [1.807, 2.05) is 17.4 Å². The molecule has 3 nitrogen and oxygen atoms in total. The average molecular weight is 439 g/mol. The fourth-order valence-corrected chi connectivity index (χ4v) is 8.85. The van der Waals surface area contributed by atoms with Gasteiger partial charge in [-0.3, -0.25) is 4.79 Å². The van der Waals surface area contributed by atoms with Crippen LogP contribution < -0.4 is 10.6 Å². The molecular formula is C25H30N2OS2. The van der Waals surface area contributed by atoms with E-state index >= 15 is 0 Å². The number of carbonyl (C=O) groups excluding carboxylic acids is 1. The first kappa shape index (κ1) is 19.2. The zero-order chi connectivity index (χ0) is 20.7. The Morgan fingerprint density at radius 3 is 2.80 bits per heavy atom. The second-order valence-corrected chi connectivity index (χ2v) is 12.0. The first-order chi connectivity index (χ1) is 14.4. The van der Waals surface area contributed by atoms with E-state index in [-0.39, 0.29) is 16.9 Å². The summed E-state index contributed by atoms with van der Waals surface area (Å²) in [6.07, 6.45) is 9.82. The van der Waals surface area contributed by atoms with Gasteiger partial charge in [0.1, 0.15) is 0 Å². The van der Waals surface area contributed by atoms with E-state index in [1.165, 1.54) is 41.8 Å². The minimum absolute atomic E-state index is 0.195. The van der Waals surface area contributed by atoms with Crippen LogP contribution in [0.3, 0.4) is 0 Å². The van der Waals surface area contributed by atoms with Crippen molar-refractivity contribution in [2.45, 2.75) is 64.8 Å². The topological polar surface area (TPSA) is 41.1 Å². The van der Waals surface area contributed by atoms with E-state index in [0.717, 1.165) is 30.3 Å². The molecule has 30 heavy (non-hydrogen) atoms. The largest absolute Gasteiger partial charge is 0.351 e. The van der Waals surface area contributed by atoms with Crippen molar-refractivity contribution in [1.82, 2.24) is 10.6 Å². The van der Waals surface area contributed by atoms with Crippen molar-refractivity contribution < 1.29 is 4.79 Å². The van der Waals surface area contributed by atoms with Crippen LogP contribution in [-0.4, -0.2) is 10.9 Å². The number of carbonyl (C=O) groups is 1. The molecule has 0 radical (unpaired) electrons. The van der Waals surface area contributed by atoms with Gasteiger partial charge < -0.3 is 10.6 Å². The summed E-state index contributed by atoms with van der Waals surface area (Å²) in [6.45, 7) is 4.97. The molecule has 2 heterocycles. The monoisotopic (exact) mass is 438 g/mol. The number of allylic oxidation sites excluding steroid dienone is 3. The molecule has 0 saturated heterocycles. The van der Waals surface area contributed by atoms with Crippen LogP contribution >= 0.6 is 23.6 Å². The molecule has 0 bridgehead atoms. The lowest BCUT2D eigenvalue weighted by atomic mass is 9.47. The molecule has 1 aromatic rings. The first-order valence-electron chi connectivity index (χ1n) is 11.5. The predicted octanol–water partition coefficient (Wildman–Crippen LogP) is 5.66.